The van der Waals surface area contributed by atoms with Gasteiger partial charge in [0.15, 0.2) is 6.61 Å². The maximum absolute atomic E-state index is 12.4. The van der Waals surface area contributed by atoms with Crippen LogP contribution in [0.2, 0.25) is 4.34 Å². The molecule has 0 aliphatic rings. The fourth-order valence-electron chi connectivity index (χ4n) is 2.14. The average Bonchev–Trinajstić information content (AvgIpc) is 3.04. The van der Waals surface area contributed by atoms with Gasteiger partial charge in [0, 0.05) is 11.4 Å². The first kappa shape index (κ1) is 19.8. The number of halogens is 1. The van der Waals surface area contributed by atoms with Crippen LogP contribution in [0, 0.1) is 0 Å². The summed E-state index contributed by atoms with van der Waals surface area (Å²) in [6.45, 7) is 3.82. The number of hydrogen-bond donors (Lipinski definition) is 1. The number of hydrogen-bond acceptors (Lipinski definition) is 6. The van der Waals surface area contributed by atoms with Gasteiger partial charge in [-0.15, -0.1) is 17.9 Å². The molecular weight excluding hydrogens is 378 g/mol. The Morgan fingerprint density at radius 2 is 2.12 bits per heavy atom. The molecule has 0 aliphatic carbocycles. The van der Waals surface area contributed by atoms with E-state index in [9.17, 15) is 14.7 Å². The number of nitrogens with zero attached hydrogens (tertiary/aromatic N) is 1. The Balaban J connectivity index is 2.00. The van der Waals surface area contributed by atoms with E-state index in [1.165, 1.54) is 41.5 Å². The second-order valence-corrected chi connectivity index (χ2v) is 7.03. The van der Waals surface area contributed by atoms with Gasteiger partial charge in [-0.3, -0.25) is 4.79 Å². The number of thiophene rings is 1. The summed E-state index contributed by atoms with van der Waals surface area (Å²) >= 11 is 7.27. The third kappa shape index (κ3) is 5.24. The Bertz CT molecular complexity index is 805. The van der Waals surface area contributed by atoms with E-state index in [0.717, 1.165) is 4.88 Å². The Morgan fingerprint density at radius 3 is 2.73 bits per heavy atom. The molecule has 0 fully saturated rings. The normalized spacial score (nSPS) is 10.2. The fraction of sp³-hybridized carbons (Fsp3) is 0.222. The lowest BCUT2D eigenvalue weighted by Gasteiger charge is -2.20. The molecule has 0 radical (unpaired) electrons. The van der Waals surface area contributed by atoms with E-state index in [1.807, 2.05) is 6.07 Å². The highest BCUT2D eigenvalue weighted by atomic mass is 35.5. The molecule has 0 atom stereocenters. The van der Waals surface area contributed by atoms with Crippen LogP contribution in [-0.4, -0.2) is 42.1 Å². The van der Waals surface area contributed by atoms with E-state index in [-0.39, 0.29) is 17.2 Å². The summed E-state index contributed by atoms with van der Waals surface area (Å²) in [4.78, 5) is 26.9. The SMILES string of the molecule is C=CCN(Cc1ccc(Cl)s1)C(=O)COC(=O)c1cc(OC)ccc1O. The van der Waals surface area contributed by atoms with Crippen LogP contribution < -0.4 is 4.74 Å². The quantitative estimate of drug-likeness (QED) is 0.547. The van der Waals surface area contributed by atoms with Crippen molar-refractivity contribution in [1.82, 2.24) is 4.90 Å². The number of ether oxygens (including phenoxy) is 2. The van der Waals surface area contributed by atoms with Crippen LogP contribution in [0.1, 0.15) is 15.2 Å². The molecule has 0 saturated carbocycles. The number of carbonyl (C=O) groups excluding carboxylic acids is 2. The molecule has 0 bridgehead atoms. The number of phenols is 1. The highest BCUT2D eigenvalue weighted by Crippen LogP contribution is 2.24. The Morgan fingerprint density at radius 1 is 1.35 bits per heavy atom. The largest absolute Gasteiger partial charge is 0.507 e. The van der Waals surface area contributed by atoms with Gasteiger partial charge in [-0.2, -0.15) is 0 Å². The first-order valence-electron chi connectivity index (χ1n) is 7.61. The minimum atomic E-state index is -0.813. The van der Waals surface area contributed by atoms with Gasteiger partial charge >= 0.3 is 5.97 Å². The lowest BCUT2D eigenvalue weighted by Crippen LogP contribution is -2.34. The first-order valence-corrected chi connectivity index (χ1v) is 8.81. The Hall–Kier alpha value is -2.51. The number of methoxy groups -OCH3 is 1. The summed E-state index contributed by atoms with van der Waals surface area (Å²) in [5, 5.41) is 9.78. The molecule has 26 heavy (non-hydrogen) atoms. The molecule has 138 valence electrons. The van der Waals surface area contributed by atoms with E-state index in [1.54, 1.807) is 12.1 Å². The second-order valence-electron chi connectivity index (χ2n) is 5.23. The predicted molar refractivity (Wildman–Crippen MR) is 99.9 cm³/mol. The van der Waals surface area contributed by atoms with E-state index in [2.05, 4.69) is 6.58 Å². The smallest absolute Gasteiger partial charge is 0.342 e. The molecule has 6 nitrogen and oxygen atoms in total. The Labute approximate surface area is 160 Å². The maximum Gasteiger partial charge on any atom is 0.342 e. The lowest BCUT2D eigenvalue weighted by molar-refractivity contribution is -0.134. The number of rotatable bonds is 8. The summed E-state index contributed by atoms with van der Waals surface area (Å²) < 4.78 is 10.7. The first-order chi connectivity index (χ1) is 12.4. The van der Waals surface area contributed by atoms with Gasteiger partial charge in [-0.1, -0.05) is 17.7 Å². The monoisotopic (exact) mass is 395 g/mol. The number of carbonyl (C=O) groups is 2. The molecule has 8 heteroatoms. The van der Waals surface area contributed by atoms with Crippen molar-refractivity contribution in [3.8, 4) is 11.5 Å². The van der Waals surface area contributed by atoms with Crippen molar-refractivity contribution in [2.75, 3.05) is 20.3 Å². The molecule has 0 spiro atoms. The number of amides is 1. The van der Waals surface area contributed by atoms with Crippen LogP contribution in [0.15, 0.2) is 43.0 Å². The van der Waals surface area contributed by atoms with E-state index in [0.29, 0.717) is 23.2 Å². The minimum Gasteiger partial charge on any atom is -0.507 e. The summed E-state index contributed by atoms with van der Waals surface area (Å²) in [5.41, 5.74) is -0.0718. The molecule has 1 amide bonds. The van der Waals surface area contributed by atoms with Crippen LogP contribution in [0.25, 0.3) is 0 Å². The van der Waals surface area contributed by atoms with Gasteiger partial charge in [0.05, 0.1) is 18.0 Å². The van der Waals surface area contributed by atoms with E-state index >= 15 is 0 Å². The molecule has 0 aliphatic heterocycles. The average molecular weight is 396 g/mol. The van der Waals surface area contributed by atoms with Crippen molar-refractivity contribution in [3.05, 3.63) is 57.8 Å². The van der Waals surface area contributed by atoms with Gasteiger partial charge in [0.1, 0.15) is 17.1 Å². The van der Waals surface area contributed by atoms with Crippen molar-refractivity contribution < 1.29 is 24.2 Å². The second kappa shape index (κ2) is 9.26. The van der Waals surface area contributed by atoms with E-state index in [4.69, 9.17) is 21.1 Å². The number of esters is 1. The highest BCUT2D eigenvalue weighted by Gasteiger charge is 2.19. The lowest BCUT2D eigenvalue weighted by atomic mass is 10.2. The fourth-order valence-corrected chi connectivity index (χ4v) is 3.24. The van der Waals surface area contributed by atoms with Crippen LogP contribution in [-0.2, 0) is 16.1 Å². The summed E-state index contributed by atoms with van der Waals surface area (Å²) in [7, 11) is 1.44. The zero-order chi connectivity index (χ0) is 19.1. The number of benzene rings is 1. The van der Waals surface area contributed by atoms with Gasteiger partial charge < -0.3 is 19.5 Å². The van der Waals surface area contributed by atoms with Crippen molar-refractivity contribution in [1.29, 1.82) is 0 Å². The summed E-state index contributed by atoms with van der Waals surface area (Å²) in [6, 6.07) is 7.76. The zero-order valence-corrected chi connectivity index (χ0v) is 15.7. The van der Waals surface area contributed by atoms with Gasteiger partial charge in [0.2, 0.25) is 0 Å². The summed E-state index contributed by atoms with van der Waals surface area (Å²) in [5.74, 6) is -1.05. The molecular formula is C18H18ClNO5S. The van der Waals surface area contributed by atoms with Crippen molar-refractivity contribution in [2.45, 2.75) is 6.54 Å². The topological polar surface area (TPSA) is 76.1 Å². The number of phenolic OH excluding ortho intramolecular Hbond substituents is 1. The van der Waals surface area contributed by atoms with Gasteiger partial charge in [0.25, 0.3) is 5.91 Å². The molecule has 1 aromatic heterocycles. The molecule has 1 heterocycles. The van der Waals surface area contributed by atoms with Crippen LogP contribution in [0.4, 0.5) is 0 Å². The molecule has 0 unspecified atom stereocenters. The van der Waals surface area contributed by atoms with Gasteiger partial charge in [-0.05, 0) is 30.3 Å². The van der Waals surface area contributed by atoms with E-state index < -0.39 is 12.6 Å². The predicted octanol–water partition coefficient (Wildman–Crippen LogP) is 3.49. The molecule has 2 aromatic rings. The molecule has 0 saturated heterocycles. The number of aromatic hydroxyl groups is 1. The third-order valence-corrected chi connectivity index (χ3v) is 4.64. The third-order valence-electron chi connectivity index (χ3n) is 3.43. The van der Waals surface area contributed by atoms with Crippen molar-refractivity contribution >= 4 is 34.8 Å². The highest BCUT2D eigenvalue weighted by molar-refractivity contribution is 7.16. The maximum atomic E-state index is 12.4. The van der Waals surface area contributed by atoms with Crippen LogP contribution >= 0.6 is 22.9 Å². The zero-order valence-electron chi connectivity index (χ0n) is 14.1. The Kier molecular flexibility index (Phi) is 7.06. The molecule has 1 aromatic carbocycles. The van der Waals surface area contributed by atoms with Crippen LogP contribution in [0.3, 0.4) is 0 Å². The van der Waals surface area contributed by atoms with Crippen LogP contribution in [0.5, 0.6) is 11.5 Å². The molecule has 2 rings (SSSR count). The van der Waals surface area contributed by atoms with Crippen molar-refractivity contribution in [3.63, 3.8) is 0 Å². The minimum absolute atomic E-state index is 0.0718. The van der Waals surface area contributed by atoms with Crippen molar-refractivity contribution in [2.24, 2.45) is 0 Å². The summed E-state index contributed by atoms with van der Waals surface area (Å²) in [6.07, 6.45) is 1.59. The standard InChI is InChI=1S/C18H18ClNO5S/c1-3-8-20(10-13-5-7-16(19)26-13)17(22)11-25-18(23)14-9-12(24-2)4-6-15(14)21/h3-7,9,21H,1,8,10-11H2,2H3. The van der Waals surface area contributed by atoms with Gasteiger partial charge in [-0.25, -0.2) is 4.79 Å². The molecule has 1 N–H and O–H groups in total.